The summed E-state index contributed by atoms with van der Waals surface area (Å²) in [5.74, 6) is 0.0825. The van der Waals surface area contributed by atoms with Gasteiger partial charge < -0.3 is 10.5 Å². The van der Waals surface area contributed by atoms with E-state index in [9.17, 15) is 13.2 Å². The second-order valence-electron chi connectivity index (χ2n) is 4.10. The van der Waals surface area contributed by atoms with Crippen molar-refractivity contribution in [3.63, 3.8) is 0 Å². The maximum absolute atomic E-state index is 11.6. The average Bonchev–Trinajstić information content (AvgIpc) is 2.19. The molecule has 0 aliphatic heterocycles. The summed E-state index contributed by atoms with van der Waals surface area (Å²) < 4.78 is 31.8. The van der Waals surface area contributed by atoms with Crippen molar-refractivity contribution < 1.29 is 17.9 Å². The lowest BCUT2D eigenvalue weighted by Crippen LogP contribution is -2.37. The fraction of sp³-hybridized carbons (Fsp3) is 0.400. The number of aromatic nitrogens is 1. The third kappa shape index (κ3) is 5.00. The molecular weight excluding hydrogens is 272 g/mol. The molecule has 0 aliphatic rings. The van der Waals surface area contributed by atoms with Gasteiger partial charge in [-0.3, -0.25) is 0 Å². The summed E-state index contributed by atoms with van der Waals surface area (Å²) in [6, 6.07) is 1.55. The van der Waals surface area contributed by atoms with Gasteiger partial charge in [-0.05, 0) is 32.4 Å². The van der Waals surface area contributed by atoms with Crippen LogP contribution in [0.5, 0.6) is 0 Å². The second-order valence-corrected chi connectivity index (χ2v) is 5.51. The number of nitrogens with two attached hydrogens (primary N) is 1. The fourth-order valence-corrected chi connectivity index (χ4v) is 1.99. The molecule has 1 aromatic rings. The fourth-order valence-electron chi connectivity index (χ4n) is 1.20. The summed E-state index contributed by atoms with van der Waals surface area (Å²) in [5.41, 5.74) is 6.44. The van der Waals surface area contributed by atoms with E-state index < -0.39 is 22.4 Å². The van der Waals surface area contributed by atoms with Gasteiger partial charge in [0.15, 0.2) is 0 Å². The van der Waals surface area contributed by atoms with Gasteiger partial charge >= 0.3 is 16.3 Å². The van der Waals surface area contributed by atoms with E-state index >= 15 is 0 Å². The Hall–Kier alpha value is -2.03. The van der Waals surface area contributed by atoms with Crippen molar-refractivity contribution in [2.24, 2.45) is 0 Å². The van der Waals surface area contributed by atoms with Gasteiger partial charge in [-0.1, -0.05) is 0 Å². The van der Waals surface area contributed by atoms with Gasteiger partial charge in [0.1, 0.15) is 5.82 Å². The zero-order valence-electron chi connectivity index (χ0n) is 10.8. The molecule has 0 saturated carbocycles. The van der Waals surface area contributed by atoms with Crippen molar-refractivity contribution >= 4 is 27.8 Å². The number of pyridine rings is 1. The number of hydrogen-bond acceptors (Lipinski definition) is 6. The number of rotatable bonds is 4. The molecule has 19 heavy (non-hydrogen) atoms. The number of anilines is 2. The van der Waals surface area contributed by atoms with E-state index in [-0.39, 0.29) is 5.82 Å². The lowest BCUT2D eigenvalue weighted by atomic mass is 10.3. The van der Waals surface area contributed by atoms with Gasteiger partial charge in [-0.25, -0.2) is 19.2 Å². The summed E-state index contributed by atoms with van der Waals surface area (Å²) in [5, 5.41) is 0. The Morgan fingerprint density at radius 1 is 1.47 bits per heavy atom. The molecule has 1 aromatic heterocycles. The van der Waals surface area contributed by atoms with E-state index in [4.69, 9.17) is 5.73 Å². The van der Waals surface area contributed by atoms with Gasteiger partial charge in [-0.15, -0.1) is 0 Å². The van der Waals surface area contributed by atoms with Crippen molar-refractivity contribution in [2.45, 2.75) is 26.9 Å². The van der Waals surface area contributed by atoms with Crippen LogP contribution in [-0.4, -0.2) is 25.6 Å². The largest absolute Gasteiger partial charge is 0.446 e. The first-order valence-corrected chi connectivity index (χ1v) is 6.91. The van der Waals surface area contributed by atoms with Crippen LogP contribution in [-0.2, 0) is 14.9 Å². The van der Waals surface area contributed by atoms with Crippen molar-refractivity contribution in [2.75, 3.05) is 10.5 Å². The lowest BCUT2D eigenvalue weighted by molar-refractivity contribution is 0.121. The van der Waals surface area contributed by atoms with Gasteiger partial charge in [0.2, 0.25) is 0 Å². The molecular formula is C10H16N4O4S. The summed E-state index contributed by atoms with van der Waals surface area (Å²) in [4.78, 5) is 15.0. The van der Waals surface area contributed by atoms with Crippen LogP contribution in [0.15, 0.2) is 12.3 Å². The number of ether oxygens (including phenoxy) is 1. The number of aryl methyl sites for hydroxylation is 1. The number of carbonyl (C=O) groups is 1. The maximum Gasteiger partial charge on any atom is 0.422 e. The van der Waals surface area contributed by atoms with Gasteiger partial charge in [0.05, 0.1) is 18.0 Å². The highest BCUT2D eigenvalue weighted by Gasteiger charge is 2.17. The third-order valence-electron chi connectivity index (χ3n) is 1.89. The number of nitrogens with zero attached hydrogens (tertiary/aromatic N) is 1. The van der Waals surface area contributed by atoms with Crippen LogP contribution >= 0.6 is 0 Å². The monoisotopic (exact) mass is 288 g/mol. The first-order chi connectivity index (χ1) is 8.69. The zero-order chi connectivity index (χ0) is 14.6. The molecule has 1 rings (SSSR count). The Bertz CT molecular complexity index is 571. The van der Waals surface area contributed by atoms with Crippen LogP contribution in [0.1, 0.15) is 19.4 Å². The summed E-state index contributed by atoms with van der Waals surface area (Å²) in [7, 11) is -4.09. The van der Waals surface area contributed by atoms with Crippen LogP contribution in [0, 0.1) is 6.92 Å². The topological polar surface area (TPSA) is 123 Å². The van der Waals surface area contributed by atoms with Crippen LogP contribution in [0.25, 0.3) is 0 Å². The maximum atomic E-state index is 11.6. The Kier molecular flexibility index (Phi) is 4.54. The van der Waals surface area contributed by atoms with E-state index in [0.29, 0.717) is 11.3 Å². The van der Waals surface area contributed by atoms with Gasteiger partial charge in [0.25, 0.3) is 0 Å². The molecule has 0 unspecified atom stereocenters. The molecule has 0 aliphatic carbocycles. The highest BCUT2D eigenvalue weighted by atomic mass is 32.2. The van der Waals surface area contributed by atoms with Crippen molar-refractivity contribution in [1.82, 2.24) is 9.71 Å². The van der Waals surface area contributed by atoms with Gasteiger partial charge in [0, 0.05) is 0 Å². The minimum Gasteiger partial charge on any atom is -0.446 e. The zero-order valence-corrected chi connectivity index (χ0v) is 11.6. The van der Waals surface area contributed by atoms with E-state index in [1.807, 2.05) is 0 Å². The molecule has 0 fully saturated rings. The highest BCUT2D eigenvalue weighted by molar-refractivity contribution is 7.91. The van der Waals surface area contributed by atoms with Crippen LogP contribution in [0.2, 0.25) is 0 Å². The lowest BCUT2D eigenvalue weighted by Gasteiger charge is -2.12. The van der Waals surface area contributed by atoms with Crippen LogP contribution < -0.4 is 15.2 Å². The SMILES string of the molecule is Cc1cc(N)cnc1NS(=O)(=O)NC(=O)OC(C)C. The second kappa shape index (κ2) is 5.74. The highest BCUT2D eigenvalue weighted by Crippen LogP contribution is 2.14. The minimum absolute atomic E-state index is 0.0825. The molecule has 1 amide bonds. The quantitative estimate of drug-likeness (QED) is 0.751. The summed E-state index contributed by atoms with van der Waals surface area (Å²) in [6.45, 7) is 4.84. The Balaban J connectivity index is 2.77. The van der Waals surface area contributed by atoms with Crippen molar-refractivity contribution in [1.29, 1.82) is 0 Å². The first-order valence-electron chi connectivity index (χ1n) is 5.43. The molecule has 0 spiro atoms. The Morgan fingerprint density at radius 2 is 2.11 bits per heavy atom. The smallest absolute Gasteiger partial charge is 0.422 e. The molecule has 0 bridgehead atoms. The molecule has 0 radical (unpaired) electrons. The normalized spacial score (nSPS) is 11.2. The van der Waals surface area contributed by atoms with Gasteiger partial charge in [-0.2, -0.15) is 8.42 Å². The first kappa shape index (κ1) is 15.0. The molecule has 0 saturated heterocycles. The number of amides is 1. The standard InChI is InChI=1S/C10H16N4O4S/c1-6(2)18-10(15)14-19(16,17)13-9-7(3)4-8(11)5-12-9/h4-6H,11H2,1-3H3,(H,12,13)(H,14,15). The predicted molar refractivity (Wildman–Crippen MR) is 70.7 cm³/mol. The molecule has 1 heterocycles. The Morgan fingerprint density at radius 3 is 2.63 bits per heavy atom. The number of nitrogen functional groups attached to an aromatic ring is 1. The van der Waals surface area contributed by atoms with Crippen LogP contribution in [0.4, 0.5) is 16.3 Å². The third-order valence-corrected chi connectivity index (χ3v) is 2.79. The number of carbonyl (C=O) groups excluding carboxylic acids is 1. The van der Waals surface area contributed by atoms with Crippen LogP contribution in [0.3, 0.4) is 0 Å². The van der Waals surface area contributed by atoms with E-state index in [0.717, 1.165) is 0 Å². The van der Waals surface area contributed by atoms with Crippen molar-refractivity contribution in [3.8, 4) is 0 Å². The Labute approximate surface area is 111 Å². The molecule has 106 valence electrons. The summed E-state index contributed by atoms with van der Waals surface area (Å²) in [6.07, 6.45) is -0.181. The summed E-state index contributed by atoms with van der Waals surface area (Å²) >= 11 is 0. The number of nitrogens with one attached hydrogen (secondary N) is 2. The number of hydrogen-bond donors (Lipinski definition) is 3. The van der Waals surface area contributed by atoms with E-state index in [1.54, 1.807) is 31.6 Å². The molecule has 0 aromatic carbocycles. The molecule has 4 N–H and O–H groups in total. The minimum atomic E-state index is -4.09. The van der Waals surface area contributed by atoms with E-state index in [1.165, 1.54) is 6.20 Å². The average molecular weight is 288 g/mol. The van der Waals surface area contributed by atoms with Crippen molar-refractivity contribution in [3.05, 3.63) is 17.8 Å². The molecule has 0 atom stereocenters. The van der Waals surface area contributed by atoms with E-state index in [2.05, 4.69) is 14.4 Å². The molecule has 9 heteroatoms. The predicted octanol–water partition coefficient (Wildman–Crippen LogP) is 0.764. The molecule has 8 nitrogen and oxygen atoms in total.